The molecule has 0 atom stereocenters. The van der Waals surface area contributed by atoms with Gasteiger partial charge >= 0.3 is 0 Å². The highest BCUT2D eigenvalue weighted by Crippen LogP contribution is 2.28. The number of nitro groups is 1. The predicted octanol–water partition coefficient (Wildman–Crippen LogP) is 4.89. The van der Waals surface area contributed by atoms with E-state index in [0.717, 1.165) is 0 Å². The fraction of sp³-hybridized carbons (Fsp3) is 0.316. The van der Waals surface area contributed by atoms with E-state index in [1.165, 1.54) is 24.3 Å². The molecule has 9 heteroatoms. The standard InChI is InChI=1S/C19H18Cl2FN3O3/c20-14-2-1-13(17(22)9-14)11-24-7-5-12(6-8-24)19(26)23-18-10-15(25(27)28)3-4-16(18)21/h1-4,9-10,12H,5-8,11H2,(H,23,26). The van der Waals surface area contributed by atoms with Gasteiger partial charge in [0.25, 0.3) is 5.69 Å². The van der Waals surface area contributed by atoms with E-state index in [1.54, 1.807) is 12.1 Å². The van der Waals surface area contributed by atoms with Crippen LogP contribution in [0.1, 0.15) is 18.4 Å². The molecule has 6 nitrogen and oxygen atoms in total. The van der Waals surface area contributed by atoms with E-state index in [9.17, 15) is 19.3 Å². The van der Waals surface area contributed by atoms with Gasteiger partial charge in [-0.2, -0.15) is 0 Å². The van der Waals surface area contributed by atoms with Crippen molar-refractivity contribution in [3.63, 3.8) is 0 Å². The summed E-state index contributed by atoms with van der Waals surface area (Å²) in [7, 11) is 0. The number of nitro benzene ring substituents is 1. The molecular weight excluding hydrogens is 408 g/mol. The van der Waals surface area contributed by atoms with Crippen LogP contribution >= 0.6 is 23.2 Å². The second kappa shape index (κ2) is 8.86. The van der Waals surface area contributed by atoms with Gasteiger partial charge in [-0.15, -0.1) is 0 Å². The van der Waals surface area contributed by atoms with Crippen LogP contribution in [-0.4, -0.2) is 28.8 Å². The number of hydrogen-bond acceptors (Lipinski definition) is 4. The monoisotopic (exact) mass is 425 g/mol. The number of nitrogens with one attached hydrogen (secondary N) is 1. The molecule has 1 saturated heterocycles. The largest absolute Gasteiger partial charge is 0.324 e. The maximum atomic E-state index is 13.9. The first kappa shape index (κ1) is 20.5. The number of carbonyl (C=O) groups is 1. The molecule has 0 saturated carbocycles. The summed E-state index contributed by atoms with van der Waals surface area (Å²) in [5, 5.41) is 14.2. The number of carbonyl (C=O) groups excluding carboxylic acids is 1. The molecule has 1 heterocycles. The van der Waals surface area contributed by atoms with Crippen LogP contribution in [-0.2, 0) is 11.3 Å². The molecule has 0 spiro atoms. The Morgan fingerprint density at radius 1 is 1.21 bits per heavy atom. The van der Waals surface area contributed by atoms with Crippen LogP contribution in [0.4, 0.5) is 15.8 Å². The Bertz CT molecular complexity index is 902. The Hall–Kier alpha value is -2.22. The van der Waals surface area contributed by atoms with Gasteiger partial charge in [-0.05, 0) is 44.1 Å². The number of benzene rings is 2. The van der Waals surface area contributed by atoms with E-state index in [0.29, 0.717) is 43.1 Å². The predicted molar refractivity (Wildman–Crippen MR) is 106 cm³/mol. The molecule has 2 aromatic rings. The van der Waals surface area contributed by atoms with Crippen molar-refractivity contribution >= 4 is 40.5 Å². The molecule has 3 rings (SSSR count). The van der Waals surface area contributed by atoms with Crippen LogP contribution in [0.15, 0.2) is 36.4 Å². The fourth-order valence-electron chi connectivity index (χ4n) is 3.20. The minimum absolute atomic E-state index is 0.139. The average molecular weight is 426 g/mol. The summed E-state index contributed by atoms with van der Waals surface area (Å²) < 4.78 is 13.9. The summed E-state index contributed by atoms with van der Waals surface area (Å²) in [5.41, 5.74) is 0.654. The zero-order valence-corrected chi connectivity index (χ0v) is 16.3. The topological polar surface area (TPSA) is 75.5 Å². The number of anilines is 1. The maximum absolute atomic E-state index is 13.9. The number of amides is 1. The Kier molecular flexibility index (Phi) is 6.49. The second-order valence-corrected chi connectivity index (χ2v) is 7.54. The van der Waals surface area contributed by atoms with E-state index < -0.39 is 4.92 Å². The van der Waals surface area contributed by atoms with E-state index in [2.05, 4.69) is 10.2 Å². The van der Waals surface area contributed by atoms with Gasteiger partial charge in [0, 0.05) is 35.2 Å². The van der Waals surface area contributed by atoms with Crippen LogP contribution in [0.3, 0.4) is 0 Å². The first-order valence-electron chi connectivity index (χ1n) is 8.74. The summed E-state index contributed by atoms with van der Waals surface area (Å²) in [6.45, 7) is 1.74. The Morgan fingerprint density at radius 2 is 1.93 bits per heavy atom. The lowest BCUT2D eigenvalue weighted by Gasteiger charge is -2.31. The molecule has 1 aliphatic rings. The van der Waals surface area contributed by atoms with Crippen molar-refractivity contribution in [2.24, 2.45) is 5.92 Å². The molecule has 0 bridgehead atoms. The van der Waals surface area contributed by atoms with Crippen molar-refractivity contribution in [2.75, 3.05) is 18.4 Å². The van der Waals surface area contributed by atoms with Crippen LogP contribution < -0.4 is 5.32 Å². The van der Waals surface area contributed by atoms with Crippen molar-refractivity contribution in [2.45, 2.75) is 19.4 Å². The molecule has 0 aromatic heterocycles. The number of non-ortho nitro benzene ring substituents is 1. The summed E-state index contributed by atoms with van der Waals surface area (Å²) >= 11 is 11.8. The van der Waals surface area contributed by atoms with Crippen molar-refractivity contribution in [1.29, 1.82) is 0 Å². The third-order valence-electron chi connectivity index (χ3n) is 4.79. The highest BCUT2D eigenvalue weighted by Gasteiger charge is 2.26. The molecule has 1 fully saturated rings. The maximum Gasteiger partial charge on any atom is 0.271 e. The van der Waals surface area contributed by atoms with Gasteiger partial charge in [0.05, 0.1) is 15.6 Å². The molecule has 0 unspecified atom stereocenters. The Balaban J connectivity index is 1.57. The molecule has 1 amide bonds. The van der Waals surface area contributed by atoms with Crippen molar-refractivity contribution in [3.8, 4) is 0 Å². The van der Waals surface area contributed by atoms with Gasteiger partial charge in [-0.25, -0.2) is 4.39 Å². The van der Waals surface area contributed by atoms with Gasteiger partial charge in [-0.3, -0.25) is 19.8 Å². The molecular formula is C19H18Cl2FN3O3. The fourth-order valence-corrected chi connectivity index (χ4v) is 3.53. The Morgan fingerprint density at radius 3 is 2.57 bits per heavy atom. The Labute approximate surface area is 171 Å². The van der Waals surface area contributed by atoms with Gasteiger partial charge in [0.2, 0.25) is 5.91 Å². The first-order chi connectivity index (χ1) is 13.3. The number of rotatable bonds is 5. The third-order valence-corrected chi connectivity index (χ3v) is 5.35. The van der Waals surface area contributed by atoms with Crippen molar-refractivity contribution < 1.29 is 14.1 Å². The van der Waals surface area contributed by atoms with E-state index in [1.807, 2.05) is 0 Å². The van der Waals surface area contributed by atoms with E-state index >= 15 is 0 Å². The normalized spacial score (nSPS) is 15.4. The minimum Gasteiger partial charge on any atom is -0.324 e. The summed E-state index contributed by atoms with van der Waals surface area (Å²) in [5.74, 6) is -0.797. The van der Waals surface area contributed by atoms with E-state index in [-0.39, 0.29) is 34.0 Å². The molecule has 2 aromatic carbocycles. The van der Waals surface area contributed by atoms with Crippen LogP contribution in [0.25, 0.3) is 0 Å². The lowest BCUT2D eigenvalue weighted by molar-refractivity contribution is -0.384. The van der Waals surface area contributed by atoms with E-state index in [4.69, 9.17) is 23.2 Å². The zero-order valence-electron chi connectivity index (χ0n) is 14.8. The van der Waals surface area contributed by atoms with Crippen molar-refractivity contribution in [3.05, 3.63) is 67.9 Å². The van der Waals surface area contributed by atoms with Crippen LogP contribution in [0, 0.1) is 21.8 Å². The molecule has 1 N–H and O–H groups in total. The van der Waals surface area contributed by atoms with Gasteiger partial charge in [0.1, 0.15) is 5.82 Å². The molecule has 0 radical (unpaired) electrons. The van der Waals surface area contributed by atoms with Crippen LogP contribution in [0.2, 0.25) is 10.0 Å². The number of likely N-dealkylation sites (tertiary alicyclic amines) is 1. The smallest absolute Gasteiger partial charge is 0.271 e. The highest BCUT2D eigenvalue weighted by atomic mass is 35.5. The average Bonchev–Trinajstić information content (AvgIpc) is 2.66. The first-order valence-corrected chi connectivity index (χ1v) is 9.50. The van der Waals surface area contributed by atoms with Crippen molar-refractivity contribution in [1.82, 2.24) is 4.90 Å². The summed E-state index contributed by atoms with van der Waals surface area (Å²) in [6, 6.07) is 8.53. The van der Waals surface area contributed by atoms with Gasteiger partial charge < -0.3 is 5.32 Å². The number of hydrogen-bond donors (Lipinski definition) is 1. The summed E-state index contributed by atoms with van der Waals surface area (Å²) in [6.07, 6.45) is 1.21. The number of piperidine rings is 1. The lowest BCUT2D eigenvalue weighted by atomic mass is 9.95. The molecule has 28 heavy (non-hydrogen) atoms. The highest BCUT2D eigenvalue weighted by molar-refractivity contribution is 6.33. The number of nitrogens with zero attached hydrogens (tertiary/aromatic N) is 2. The zero-order chi connectivity index (χ0) is 20.3. The quantitative estimate of drug-likeness (QED) is 0.546. The summed E-state index contributed by atoms with van der Waals surface area (Å²) in [4.78, 5) is 25.0. The minimum atomic E-state index is -0.541. The molecule has 148 valence electrons. The lowest BCUT2D eigenvalue weighted by Crippen LogP contribution is -2.38. The van der Waals surface area contributed by atoms with Gasteiger partial charge in [-0.1, -0.05) is 29.3 Å². The SMILES string of the molecule is O=C(Nc1cc([N+](=O)[O-])ccc1Cl)C1CCN(Cc2ccc(Cl)cc2F)CC1. The third kappa shape index (κ3) is 4.98. The second-order valence-electron chi connectivity index (χ2n) is 6.70. The number of halogens is 3. The van der Waals surface area contributed by atoms with Crippen LogP contribution in [0.5, 0.6) is 0 Å². The van der Waals surface area contributed by atoms with Gasteiger partial charge in [0.15, 0.2) is 0 Å². The molecule has 0 aliphatic carbocycles. The molecule has 1 aliphatic heterocycles.